The minimum absolute atomic E-state index is 0.0889. The van der Waals surface area contributed by atoms with Crippen LogP contribution in [0.2, 0.25) is 18.1 Å². The van der Waals surface area contributed by atoms with Crippen molar-refractivity contribution in [3.8, 4) is 0 Å². The van der Waals surface area contributed by atoms with E-state index in [4.69, 9.17) is 13.9 Å². The molecular formula is C19H39NO5Si. The zero-order chi connectivity index (χ0) is 20.8. The van der Waals surface area contributed by atoms with Crippen molar-refractivity contribution in [3.63, 3.8) is 0 Å². The van der Waals surface area contributed by atoms with E-state index in [2.05, 4.69) is 53.0 Å². The monoisotopic (exact) mass is 389 g/mol. The van der Waals surface area contributed by atoms with E-state index in [0.29, 0.717) is 19.6 Å². The first-order chi connectivity index (χ1) is 11.5. The van der Waals surface area contributed by atoms with Gasteiger partial charge in [0, 0.05) is 6.61 Å². The van der Waals surface area contributed by atoms with Gasteiger partial charge in [-0.25, -0.2) is 4.79 Å². The summed E-state index contributed by atoms with van der Waals surface area (Å²) < 4.78 is 16.5. The van der Waals surface area contributed by atoms with E-state index >= 15 is 0 Å². The van der Waals surface area contributed by atoms with Crippen LogP contribution in [0.3, 0.4) is 0 Å². The fourth-order valence-electron chi connectivity index (χ4n) is 1.62. The highest BCUT2D eigenvalue weighted by atomic mass is 28.4. The highest BCUT2D eigenvalue weighted by Crippen LogP contribution is 2.38. The summed E-state index contributed by atoms with van der Waals surface area (Å²) in [6, 6.07) is 0. The predicted molar refractivity (Wildman–Crippen MR) is 107 cm³/mol. The number of amides is 1. The SMILES string of the molecule is CC(C)(CCOC(=O)CNC(=O)OC(C)(C)C)CO[Si](C)(C)C(C)(C)C. The lowest BCUT2D eigenvalue weighted by Crippen LogP contribution is -2.43. The first kappa shape index (κ1) is 24.9. The van der Waals surface area contributed by atoms with Crippen molar-refractivity contribution in [1.29, 1.82) is 0 Å². The fraction of sp³-hybridized carbons (Fsp3) is 0.895. The number of hydrogen-bond donors (Lipinski definition) is 1. The number of alkyl carbamates (subject to hydrolysis) is 1. The van der Waals surface area contributed by atoms with Gasteiger partial charge >= 0.3 is 12.1 Å². The van der Waals surface area contributed by atoms with Crippen molar-refractivity contribution in [2.45, 2.75) is 85.5 Å². The third-order valence-electron chi connectivity index (χ3n) is 4.45. The quantitative estimate of drug-likeness (QED) is 0.489. The van der Waals surface area contributed by atoms with Gasteiger partial charge in [-0.15, -0.1) is 0 Å². The maximum atomic E-state index is 11.7. The van der Waals surface area contributed by atoms with E-state index in [9.17, 15) is 9.59 Å². The third-order valence-corrected chi connectivity index (χ3v) is 8.93. The molecule has 0 aliphatic rings. The van der Waals surface area contributed by atoms with Gasteiger partial charge in [0.2, 0.25) is 0 Å². The van der Waals surface area contributed by atoms with Crippen LogP contribution >= 0.6 is 0 Å². The average molecular weight is 390 g/mol. The summed E-state index contributed by atoms with van der Waals surface area (Å²) in [5.74, 6) is -0.475. The molecule has 26 heavy (non-hydrogen) atoms. The third kappa shape index (κ3) is 10.8. The predicted octanol–water partition coefficient (Wildman–Crippen LogP) is 4.49. The van der Waals surface area contributed by atoms with E-state index in [0.717, 1.165) is 0 Å². The number of ether oxygens (including phenoxy) is 2. The number of esters is 1. The molecule has 0 aliphatic carbocycles. The molecule has 0 aromatic heterocycles. The summed E-state index contributed by atoms with van der Waals surface area (Å²) >= 11 is 0. The molecule has 0 spiro atoms. The lowest BCUT2D eigenvalue weighted by atomic mass is 9.91. The Morgan fingerprint density at radius 1 is 0.962 bits per heavy atom. The molecule has 7 heteroatoms. The molecule has 0 aliphatic heterocycles. The zero-order valence-corrected chi connectivity index (χ0v) is 19.4. The van der Waals surface area contributed by atoms with E-state index in [-0.39, 0.29) is 17.0 Å². The minimum atomic E-state index is -1.79. The Balaban J connectivity index is 4.17. The number of hydrogen-bond acceptors (Lipinski definition) is 5. The minimum Gasteiger partial charge on any atom is -0.464 e. The van der Waals surface area contributed by atoms with Crippen molar-refractivity contribution >= 4 is 20.4 Å². The Morgan fingerprint density at radius 2 is 1.50 bits per heavy atom. The van der Waals surface area contributed by atoms with E-state index < -0.39 is 26.0 Å². The molecule has 0 atom stereocenters. The smallest absolute Gasteiger partial charge is 0.408 e. The van der Waals surface area contributed by atoms with E-state index in [1.54, 1.807) is 20.8 Å². The molecule has 1 N–H and O–H groups in total. The highest BCUT2D eigenvalue weighted by molar-refractivity contribution is 6.74. The van der Waals surface area contributed by atoms with Gasteiger partial charge in [-0.1, -0.05) is 34.6 Å². The van der Waals surface area contributed by atoms with Crippen molar-refractivity contribution in [2.75, 3.05) is 19.8 Å². The molecule has 0 unspecified atom stereocenters. The van der Waals surface area contributed by atoms with Crippen LogP contribution in [0, 0.1) is 5.41 Å². The van der Waals surface area contributed by atoms with E-state index in [1.165, 1.54) is 0 Å². The Kier molecular flexibility index (Phi) is 8.83. The van der Waals surface area contributed by atoms with Crippen LogP contribution in [0.25, 0.3) is 0 Å². The molecule has 0 saturated heterocycles. The molecule has 0 aromatic rings. The van der Waals surface area contributed by atoms with Crippen molar-refractivity contribution in [1.82, 2.24) is 5.32 Å². The lowest BCUT2D eigenvalue weighted by molar-refractivity contribution is -0.143. The summed E-state index contributed by atoms with van der Waals surface area (Å²) in [5, 5.41) is 2.56. The fourth-order valence-corrected chi connectivity index (χ4v) is 2.80. The molecule has 0 rings (SSSR count). The summed E-state index contributed by atoms with van der Waals surface area (Å²) in [6.45, 7) is 21.3. The zero-order valence-electron chi connectivity index (χ0n) is 18.4. The maximum Gasteiger partial charge on any atom is 0.408 e. The van der Waals surface area contributed by atoms with Crippen molar-refractivity contribution in [2.24, 2.45) is 5.41 Å². The van der Waals surface area contributed by atoms with E-state index in [1.807, 2.05) is 0 Å². The second-order valence-corrected chi connectivity index (χ2v) is 14.8. The van der Waals surface area contributed by atoms with Gasteiger partial charge in [0.1, 0.15) is 12.1 Å². The van der Waals surface area contributed by atoms with Crippen LogP contribution in [-0.4, -0.2) is 45.7 Å². The Bertz CT molecular complexity index is 475. The molecule has 0 heterocycles. The summed E-state index contributed by atoms with van der Waals surface area (Å²) in [7, 11) is -1.79. The average Bonchev–Trinajstić information content (AvgIpc) is 2.40. The number of rotatable bonds is 8. The van der Waals surface area contributed by atoms with Crippen LogP contribution in [0.1, 0.15) is 61.8 Å². The number of carbonyl (C=O) groups is 2. The Labute approximate surface area is 160 Å². The standard InChI is InChI=1S/C19H39NO5Si/c1-17(2,3)25-16(22)20-13-15(21)23-12-11-19(7,8)14-24-26(9,10)18(4,5)6/h11-14H2,1-10H3,(H,20,22). The second-order valence-electron chi connectivity index (χ2n) is 10.0. The summed E-state index contributed by atoms with van der Waals surface area (Å²) in [6.07, 6.45) is 0.0670. The molecule has 154 valence electrons. The molecule has 0 aromatic carbocycles. The Hall–Kier alpha value is -1.08. The van der Waals surface area contributed by atoms with Crippen LogP contribution in [0.5, 0.6) is 0 Å². The van der Waals surface area contributed by atoms with Gasteiger partial charge in [-0.2, -0.15) is 0 Å². The van der Waals surface area contributed by atoms with Crippen molar-refractivity contribution < 1.29 is 23.5 Å². The lowest BCUT2D eigenvalue weighted by Gasteiger charge is -2.39. The van der Waals surface area contributed by atoms with Crippen molar-refractivity contribution in [3.05, 3.63) is 0 Å². The molecule has 1 amide bonds. The molecule has 0 radical (unpaired) electrons. The molecular weight excluding hydrogens is 350 g/mol. The highest BCUT2D eigenvalue weighted by Gasteiger charge is 2.38. The van der Waals surface area contributed by atoms with Gasteiger partial charge < -0.3 is 19.2 Å². The molecule has 6 nitrogen and oxygen atoms in total. The first-order valence-corrected chi connectivity index (χ1v) is 12.1. The largest absolute Gasteiger partial charge is 0.464 e. The molecule has 0 bridgehead atoms. The van der Waals surface area contributed by atoms with Gasteiger partial charge in [-0.3, -0.25) is 4.79 Å². The topological polar surface area (TPSA) is 73.9 Å². The van der Waals surface area contributed by atoms with Crippen LogP contribution in [0.4, 0.5) is 4.79 Å². The van der Waals surface area contributed by atoms with Gasteiger partial charge in [0.05, 0.1) is 6.61 Å². The van der Waals surface area contributed by atoms with Crippen LogP contribution < -0.4 is 5.32 Å². The summed E-state index contributed by atoms with van der Waals surface area (Å²) in [4.78, 5) is 23.2. The molecule has 0 fully saturated rings. The molecule has 0 saturated carbocycles. The van der Waals surface area contributed by atoms with Gasteiger partial charge in [-0.05, 0) is 50.7 Å². The number of nitrogens with one attached hydrogen (secondary N) is 1. The normalized spacial score (nSPS) is 13.3. The Morgan fingerprint density at radius 3 is 1.96 bits per heavy atom. The van der Waals surface area contributed by atoms with Gasteiger partial charge in [0.15, 0.2) is 8.32 Å². The van der Waals surface area contributed by atoms with Crippen LogP contribution in [0.15, 0.2) is 0 Å². The maximum absolute atomic E-state index is 11.7. The number of carbonyl (C=O) groups excluding carboxylic acids is 2. The first-order valence-electron chi connectivity index (χ1n) is 9.22. The van der Waals surface area contributed by atoms with Gasteiger partial charge in [0.25, 0.3) is 0 Å². The van der Waals surface area contributed by atoms with Crippen LogP contribution in [-0.2, 0) is 18.7 Å². The summed E-state index contributed by atoms with van der Waals surface area (Å²) in [5.41, 5.74) is -0.684. The second kappa shape index (κ2) is 9.22.